The van der Waals surface area contributed by atoms with Crippen LogP contribution in [0.3, 0.4) is 0 Å². The maximum atomic E-state index is 4.45. The molecule has 0 atom stereocenters. The molecule has 27 heavy (non-hydrogen) atoms. The van der Waals surface area contributed by atoms with Gasteiger partial charge in [0.2, 0.25) is 0 Å². The lowest BCUT2D eigenvalue weighted by atomic mass is 9.84. The highest BCUT2D eigenvalue weighted by Gasteiger charge is 2.39. The molecule has 2 aliphatic rings. The van der Waals surface area contributed by atoms with Crippen LogP contribution in [0.1, 0.15) is 37.0 Å². The Morgan fingerprint density at radius 3 is 2.52 bits per heavy atom. The van der Waals surface area contributed by atoms with Gasteiger partial charge in [0, 0.05) is 30.6 Å². The summed E-state index contributed by atoms with van der Waals surface area (Å²) in [6.45, 7) is 6.84. The average Bonchev–Trinajstić information content (AvgIpc) is 3.20. The lowest BCUT2D eigenvalue weighted by Crippen LogP contribution is -2.62. The molecule has 5 nitrogen and oxygen atoms in total. The van der Waals surface area contributed by atoms with Gasteiger partial charge in [-0.15, -0.1) is 35.3 Å². The zero-order chi connectivity index (χ0) is 18.2. The first-order chi connectivity index (χ1) is 12.7. The third-order valence-corrected chi connectivity index (χ3v) is 6.93. The van der Waals surface area contributed by atoms with Crippen molar-refractivity contribution in [2.24, 2.45) is 4.99 Å². The number of thiophene rings is 1. The molecule has 2 aliphatic heterocycles. The minimum atomic E-state index is 0. The van der Waals surface area contributed by atoms with Crippen LogP contribution in [0.15, 0.2) is 22.5 Å². The molecule has 0 spiro atoms. The molecule has 154 valence electrons. The summed E-state index contributed by atoms with van der Waals surface area (Å²) in [5.74, 6) is 0.942. The molecule has 2 saturated heterocycles. The van der Waals surface area contributed by atoms with Gasteiger partial charge in [-0.2, -0.15) is 0 Å². The third-order valence-electron chi connectivity index (χ3n) is 6.00. The van der Waals surface area contributed by atoms with E-state index in [0.717, 1.165) is 25.5 Å². The molecule has 1 aromatic rings. The van der Waals surface area contributed by atoms with Gasteiger partial charge < -0.3 is 15.5 Å². The summed E-state index contributed by atoms with van der Waals surface area (Å²) in [4.78, 5) is 11.1. The SMILES string of the molecule is CN=C(NCCc1cccs1)NCC1(N2CCCCC2)CCN(C)CC1.I. The van der Waals surface area contributed by atoms with Crippen LogP contribution in [0.4, 0.5) is 0 Å². The van der Waals surface area contributed by atoms with E-state index < -0.39 is 0 Å². The highest BCUT2D eigenvalue weighted by atomic mass is 127. The molecule has 3 rings (SSSR count). The molecule has 2 fully saturated rings. The van der Waals surface area contributed by atoms with E-state index in [2.05, 4.69) is 50.0 Å². The van der Waals surface area contributed by atoms with Crippen molar-refractivity contribution in [3.8, 4) is 0 Å². The fraction of sp³-hybridized carbons (Fsp3) is 0.750. The second-order valence-electron chi connectivity index (χ2n) is 7.76. The summed E-state index contributed by atoms with van der Waals surface area (Å²) in [5, 5.41) is 9.29. The molecule has 0 aromatic carbocycles. The average molecular weight is 506 g/mol. The van der Waals surface area contributed by atoms with E-state index in [1.807, 2.05) is 18.4 Å². The lowest BCUT2D eigenvalue weighted by Gasteiger charge is -2.50. The Morgan fingerprint density at radius 1 is 1.15 bits per heavy atom. The van der Waals surface area contributed by atoms with Gasteiger partial charge in [0.05, 0.1) is 0 Å². The Kier molecular flexibility index (Phi) is 9.82. The predicted octanol–water partition coefficient (Wildman–Crippen LogP) is 3.02. The second kappa shape index (κ2) is 11.6. The molecule has 7 heteroatoms. The number of rotatable bonds is 6. The highest BCUT2D eigenvalue weighted by molar-refractivity contribution is 14.0. The molecule has 0 radical (unpaired) electrons. The Morgan fingerprint density at radius 2 is 1.89 bits per heavy atom. The molecule has 0 unspecified atom stereocenters. The summed E-state index contributed by atoms with van der Waals surface area (Å²) in [5.41, 5.74) is 0.290. The number of nitrogens with zero attached hydrogens (tertiary/aromatic N) is 3. The zero-order valence-corrected chi connectivity index (χ0v) is 20.0. The van der Waals surface area contributed by atoms with Crippen LogP contribution in [-0.2, 0) is 6.42 Å². The van der Waals surface area contributed by atoms with E-state index >= 15 is 0 Å². The Labute approximate surface area is 186 Å². The molecule has 2 N–H and O–H groups in total. The predicted molar refractivity (Wildman–Crippen MR) is 128 cm³/mol. The first-order valence-electron chi connectivity index (χ1n) is 10.1. The molecule has 1 aromatic heterocycles. The van der Waals surface area contributed by atoms with E-state index in [4.69, 9.17) is 0 Å². The number of guanidine groups is 1. The molecule has 0 aliphatic carbocycles. The lowest BCUT2D eigenvalue weighted by molar-refractivity contribution is 0.0173. The van der Waals surface area contributed by atoms with Gasteiger partial charge in [0.1, 0.15) is 0 Å². The van der Waals surface area contributed by atoms with Crippen LogP contribution in [-0.4, -0.2) is 74.7 Å². The van der Waals surface area contributed by atoms with Crippen molar-refractivity contribution >= 4 is 41.3 Å². The van der Waals surface area contributed by atoms with Crippen molar-refractivity contribution in [1.82, 2.24) is 20.4 Å². The molecular weight excluding hydrogens is 469 g/mol. The van der Waals surface area contributed by atoms with Crippen LogP contribution in [0, 0.1) is 0 Å². The molecular formula is C20H36IN5S. The molecule has 3 heterocycles. The number of hydrogen-bond donors (Lipinski definition) is 2. The van der Waals surface area contributed by atoms with Crippen molar-refractivity contribution in [3.05, 3.63) is 22.4 Å². The van der Waals surface area contributed by atoms with Gasteiger partial charge in [-0.25, -0.2) is 0 Å². The number of aliphatic imine (C=N–C) groups is 1. The van der Waals surface area contributed by atoms with Crippen molar-refractivity contribution < 1.29 is 0 Å². The maximum absolute atomic E-state index is 4.45. The molecule has 0 bridgehead atoms. The highest BCUT2D eigenvalue weighted by Crippen LogP contribution is 2.30. The van der Waals surface area contributed by atoms with E-state index in [-0.39, 0.29) is 29.5 Å². The quantitative estimate of drug-likeness (QED) is 0.355. The van der Waals surface area contributed by atoms with Gasteiger partial charge in [-0.05, 0) is 76.8 Å². The van der Waals surface area contributed by atoms with Gasteiger partial charge in [0.25, 0.3) is 0 Å². The molecule has 0 saturated carbocycles. The summed E-state index contributed by atoms with van der Waals surface area (Å²) < 4.78 is 0. The minimum absolute atomic E-state index is 0. The number of likely N-dealkylation sites (tertiary alicyclic amines) is 2. The van der Waals surface area contributed by atoms with Crippen LogP contribution < -0.4 is 10.6 Å². The summed E-state index contributed by atoms with van der Waals surface area (Å²) in [6.07, 6.45) is 7.66. The van der Waals surface area contributed by atoms with Gasteiger partial charge in [0.15, 0.2) is 5.96 Å². The van der Waals surface area contributed by atoms with Crippen molar-refractivity contribution in [2.45, 2.75) is 44.1 Å². The van der Waals surface area contributed by atoms with Crippen molar-refractivity contribution in [1.29, 1.82) is 0 Å². The maximum Gasteiger partial charge on any atom is 0.191 e. The van der Waals surface area contributed by atoms with Gasteiger partial charge >= 0.3 is 0 Å². The first-order valence-corrected chi connectivity index (χ1v) is 11.0. The number of piperidine rings is 2. The Balaban J connectivity index is 0.00000261. The van der Waals surface area contributed by atoms with E-state index in [1.165, 1.54) is 63.2 Å². The number of nitrogens with one attached hydrogen (secondary N) is 2. The topological polar surface area (TPSA) is 42.9 Å². The van der Waals surface area contributed by atoms with E-state index in [0.29, 0.717) is 0 Å². The van der Waals surface area contributed by atoms with Crippen molar-refractivity contribution in [2.75, 3.05) is 53.4 Å². The minimum Gasteiger partial charge on any atom is -0.356 e. The van der Waals surface area contributed by atoms with Gasteiger partial charge in [-0.1, -0.05) is 12.5 Å². The third kappa shape index (κ3) is 6.58. The van der Waals surface area contributed by atoms with Crippen LogP contribution >= 0.6 is 35.3 Å². The summed E-state index contributed by atoms with van der Waals surface area (Å²) in [7, 11) is 4.13. The zero-order valence-electron chi connectivity index (χ0n) is 16.9. The van der Waals surface area contributed by atoms with E-state index in [9.17, 15) is 0 Å². The summed E-state index contributed by atoms with van der Waals surface area (Å²) in [6, 6.07) is 4.32. The fourth-order valence-electron chi connectivity index (χ4n) is 4.24. The van der Waals surface area contributed by atoms with Crippen molar-refractivity contribution in [3.63, 3.8) is 0 Å². The number of halogens is 1. The standard InChI is InChI=1S/C20H35N5S.HI/c1-21-19(22-11-8-18-7-6-16-26-18)23-17-20(9-14-24(2)15-10-20)25-12-4-3-5-13-25;/h6-7,16H,3-5,8-15,17H2,1-2H3,(H2,21,22,23);1H. The van der Waals surface area contributed by atoms with E-state index in [1.54, 1.807) is 0 Å². The second-order valence-corrected chi connectivity index (χ2v) is 8.79. The normalized spacial score (nSPS) is 21.5. The largest absolute Gasteiger partial charge is 0.356 e. The first kappa shape index (κ1) is 22.9. The number of hydrogen-bond acceptors (Lipinski definition) is 4. The van der Waals surface area contributed by atoms with Crippen LogP contribution in [0.2, 0.25) is 0 Å². The van der Waals surface area contributed by atoms with Crippen LogP contribution in [0.5, 0.6) is 0 Å². The van der Waals surface area contributed by atoms with Gasteiger partial charge in [-0.3, -0.25) is 9.89 Å². The monoisotopic (exact) mass is 505 g/mol. The summed E-state index contributed by atoms with van der Waals surface area (Å²) >= 11 is 1.82. The van der Waals surface area contributed by atoms with Crippen LogP contribution in [0.25, 0.3) is 0 Å². The Bertz CT molecular complexity index is 549. The Hall–Kier alpha value is -0.380. The smallest absolute Gasteiger partial charge is 0.191 e. The molecule has 0 amide bonds. The fourth-order valence-corrected chi connectivity index (χ4v) is 4.94.